The van der Waals surface area contributed by atoms with Crippen LogP contribution >= 0.6 is 11.6 Å². The van der Waals surface area contributed by atoms with Crippen LogP contribution in [0.25, 0.3) is 11.3 Å². The summed E-state index contributed by atoms with van der Waals surface area (Å²) in [6, 6.07) is 6.33. The van der Waals surface area contributed by atoms with Gasteiger partial charge in [-0.3, -0.25) is 19.1 Å². The Bertz CT molecular complexity index is 1270. The van der Waals surface area contributed by atoms with E-state index in [1.807, 2.05) is 11.9 Å². The smallest absolute Gasteiger partial charge is 0.257 e. The van der Waals surface area contributed by atoms with Crippen molar-refractivity contribution < 1.29 is 9.18 Å². The van der Waals surface area contributed by atoms with Crippen LogP contribution in [0.15, 0.2) is 47.7 Å². The van der Waals surface area contributed by atoms with Crippen LogP contribution in [0.5, 0.6) is 0 Å². The molecule has 1 saturated carbocycles. The van der Waals surface area contributed by atoms with Crippen LogP contribution in [0.2, 0.25) is 5.15 Å². The number of halogens is 2. The number of hydrogen-bond donors (Lipinski definition) is 0. The van der Waals surface area contributed by atoms with Gasteiger partial charge < -0.3 is 9.80 Å². The molecule has 5 rings (SSSR count). The number of anilines is 1. The molecule has 2 fully saturated rings. The van der Waals surface area contributed by atoms with Gasteiger partial charge in [0.25, 0.3) is 11.5 Å². The van der Waals surface area contributed by atoms with Crippen molar-refractivity contribution in [1.29, 1.82) is 0 Å². The highest BCUT2D eigenvalue weighted by molar-refractivity contribution is 6.32. The van der Waals surface area contributed by atoms with Gasteiger partial charge in [0.15, 0.2) is 5.82 Å². The zero-order valence-corrected chi connectivity index (χ0v) is 18.2. The van der Waals surface area contributed by atoms with E-state index in [0.29, 0.717) is 24.6 Å². The number of rotatable bonds is 4. The monoisotopic (exact) mass is 454 g/mol. The summed E-state index contributed by atoms with van der Waals surface area (Å²) in [5.74, 6) is 0.317. The molecule has 1 aliphatic heterocycles. The second kappa shape index (κ2) is 7.67. The number of carbonyl (C=O) groups is 1. The summed E-state index contributed by atoms with van der Waals surface area (Å²) in [4.78, 5) is 41.4. The molecule has 3 aromatic rings. The number of fused-ring (bicyclic) bond motifs is 1. The normalized spacial score (nSPS) is 21.4. The SMILES string of the molecule is CN(c1nc(-c2ccncc2F)cc(=O)n1C)[C@H]1[C@@H]2CN(C(=O)c3cccnc3Cl)C[C@@H]21. The fourth-order valence-electron chi connectivity index (χ4n) is 4.65. The van der Waals surface area contributed by atoms with Crippen LogP contribution < -0.4 is 10.5 Å². The first kappa shape index (κ1) is 20.6. The topological polar surface area (TPSA) is 84.2 Å². The van der Waals surface area contributed by atoms with Crippen molar-refractivity contribution in [2.24, 2.45) is 18.9 Å². The fourth-order valence-corrected chi connectivity index (χ4v) is 4.85. The van der Waals surface area contributed by atoms with E-state index >= 15 is 0 Å². The predicted octanol–water partition coefficient (Wildman–Crippen LogP) is 2.24. The summed E-state index contributed by atoms with van der Waals surface area (Å²) in [7, 11) is 3.52. The first-order valence-corrected chi connectivity index (χ1v) is 10.5. The molecule has 0 aromatic carbocycles. The first-order chi connectivity index (χ1) is 15.4. The minimum atomic E-state index is -0.534. The van der Waals surface area contributed by atoms with Crippen molar-refractivity contribution in [3.05, 3.63) is 69.7 Å². The number of nitrogens with zero attached hydrogens (tertiary/aromatic N) is 6. The van der Waals surface area contributed by atoms with Crippen LogP contribution in [0.1, 0.15) is 10.4 Å². The maximum absolute atomic E-state index is 14.2. The van der Waals surface area contributed by atoms with Gasteiger partial charge in [0.05, 0.1) is 17.5 Å². The molecule has 1 saturated heterocycles. The minimum Gasteiger partial charge on any atom is -0.342 e. The standard InChI is InChI=1S/C22H20ClFN6O2/c1-28-18(31)8-17(12-5-7-25-9-16(12)24)27-22(28)29(2)19-14-10-30(11-15(14)19)21(32)13-4-3-6-26-20(13)23/h3-9,14-15,19H,10-11H2,1-2H3/t14-,15+,19+. The van der Waals surface area contributed by atoms with Gasteiger partial charge >= 0.3 is 0 Å². The molecule has 8 nitrogen and oxygen atoms in total. The summed E-state index contributed by atoms with van der Waals surface area (Å²) in [5.41, 5.74) is 0.621. The second-order valence-electron chi connectivity index (χ2n) is 8.18. The molecule has 3 aromatic heterocycles. The quantitative estimate of drug-likeness (QED) is 0.562. The van der Waals surface area contributed by atoms with E-state index in [4.69, 9.17) is 11.6 Å². The molecule has 32 heavy (non-hydrogen) atoms. The van der Waals surface area contributed by atoms with Gasteiger partial charge in [0.2, 0.25) is 5.95 Å². The highest BCUT2D eigenvalue weighted by Crippen LogP contribution is 2.49. The van der Waals surface area contributed by atoms with E-state index in [1.165, 1.54) is 22.9 Å². The average molecular weight is 455 g/mol. The van der Waals surface area contributed by atoms with E-state index in [1.54, 1.807) is 30.3 Å². The Morgan fingerprint density at radius 1 is 1.25 bits per heavy atom. The van der Waals surface area contributed by atoms with E-state index in [-0.39, 0.29) is 45.8 Å². The number of pyridine rings is 2. The summed E-state index contributed by atoms with van der Waals surface area (Å²) < 4.78 is 15.7. The third-order valence-electron chi connectivity index (χ3n) is 6.35. The molecule has 0 spiro atoms. The van der Waals surface area contributed by atoms with Gasteiger partial charge in [-0.1, -0.05) is 11.6 Å². The maximum atomic E-state index is 14.2. The van der Waals surface area contributed by atoms with Gasteiger partial charge in [-0.25, -0.2) is 14.4 Å². The van der Waals surface area contributed by atoms with Crippen molar-refractivity contribution in [2.45, 2.75) is 6.04 Å². The van der Waals surface area contributed by atoms with Crippen LogP contribution in [0.4, 0.5) is 10.3 Å². The van der Waals surface area contributed by atoms with Crippen molar-refractivity contribution in [3.8, 4) is 11.3 Å². The molecule has 0 N–H and O–H groups in total. The Kier molecular flexibility index (Phi) is 4.93. The Hall–Kier alpha value is -3.33. The lowest BCUT2D eigenvalue weighted by atomic mass is 10.2. The van der Waals surface area contributed by atoms with Gasteiger partial charge in [0, 0.05) is 69.1 Å². The number of hydrogen-bond acceptors (Lipinski definition) is 6. The van der Waals surface area contributed by atoms with Crippen LogP contribution in [0, 0.1) is 17.7 Å². The zero-order valence-electron chi connectivity index (χ0n) is 17.4. The predicted molar refractivity (Wildman–Crippen MR) is 117 cm³/mol. The maximum Gasteiger partial charge on any atom is 0.257 e. The lowest BCUT2D eigenvalue weighted by molar-refractivity contribution is 0.0772. The summed E-state index contributed by atoms with van der Waals surface area (Å²) in [5, 5.41) is 0.200. The van der Waals surface area contributed by atoms with E-state index in [0.717, 1.165) is 6.20 Å². The molecule has 2 aliphatic rings. The van der Waals surface area contributed by atoms with E-state index in [2.05, 4.69) is 15.0 Å². The lowest BCUT2D eigenvalue weighted by Crippen LogP contribution is -2.38. The fraction of sp³-hybridized carbons (Fsp3) is 0.318. The highest BCUT2D eigenvalue weighted by Gasteiger charge is 2.59. The van der Waals surface area contributed by atoms with Crippen LogP contribution in [-0.4, -0.2) is 56.5 Å². The number of aromatic nitrogens is 4. The van der Waals surface area contributed by atoms with Gasteiger partial charge in [-0.2, -0.15) is 0 Å². The number of carbonyl (C=O) groups excluding carboxylic acids is 1. The number of amides is 1. The molecule has 0 radical (unpaired) electrons. The van der Waals surface area contributed by atoms with Crippen LogP contribution in [-0.2, 0) is 7.05 Å². The van der Waals surface area contributed by atoms with Crippen molar-refractivity contribution >= 4 is 23.5 Å². The third kappa shape index (κ3) is 3.33. The van der Waals surface area contributed by atoms with Gasteiger partial charge in [0.1, 0.15) is 5.15 Å². The Morgan fingerprint density at radius 3 is 2.69 bits per heavy atom. The molecule has 0 unspecified atom stereocenters. The summed E-state index contributed by atoms with van der Waals surface area (Å²) >= 11 is 6.07. The molecule has 1 amide bonds. The second-order valence-corrected chi connectivity index (χ2v) is 8.53. The molecule has 0 bridgehead atoms. The van der Waals surface area contributed by atoms with E-state index in [9.17, 15) is 14.0 Å². The summed E-state index contributed by atoms with van der Waals surface area (Å²) in [6.07, 6.45) is 4.12. The molecule has 1 aliphatic carbocycles. The summed E-state index contributed by atoms with van der Waals surface area (Å²) in [6.45, 7) is 1.19. The van der Waals surface area contributed by atoms with Gasteiger partial charge in [-0.05, 0) is 18.2 Å². The number of likely N-dealkylation sites (tertiary alicyclic amines) is 1. The lowest BCUT2D eigenvalue weighted by Gasteiger charge is -2.26. The Balaban J connectivity index is 1.36. The average Bonchev–Trinajstić information content (AvgIpc) is 3.28. The van der Waals surface area contributed by atoms with Crippen molar-refractivity contribution in [1.82, 2.24) is 24.4 Å². The van der Waals surface area contributed by atoms with E-state index < -0.39 is 5.82 Å². The molecular formula is C22H20ClFN6O2. The Morgan fingerprint density at radius 2 is 2.00 bits per heavy atom. The third-order valence-corrected chi connectivity index (χ3v) is 6.65. The first-order valence-electron chi connectivity index (χ1n) is 10.2. The zero-order chi connectivity index (χ0) is 22.6. The van der Waals surface area contributed by atoms with Crippen LogP contribution in [0.3, 0.4) is 0 Å². The van der Waals surface area contributed by atoms with Crippen molar-refractivity contribution in [3.63, 3.8) is 0 Å². The highest BCUT2D eigenvalue weighted by atomic mass is 35.5. The molecular weight excluding hydrogens is 435 g/mol. The molecule has 3 atom stereocenters. The number of piperidine rings is 1. The largest absolute Gasteiger partial charge is 0.342 e. The van der Waals surface area contributed by atoms with Crippen molar-refractivity contribution in [2.75, 3.05) is 25.0 Å². The molecule has 4 heterocycles. The molecule has 164 valence electrons. The Labute approximate surface area is 188 Å². The minimum absolute atomic E-state index is 0.127. The molecule has 10 heteroatoms. The van der Waals surface area contributed by atoms with Gasteiger partial charge in [-0.15, -0.1) is 0 Å².